The number of hydrogen-bond acceptors (Lipinski definition) is 2. The van der Waals surface area contributed by atoms with Crippen LogP contribution in [0.15, 0.2) is 24.3 Å². The van der Waals surface area contributed by atoms with Gasteiger partial charge in [0.25, 0.3) is 0 Å². The van der Waals surface area contributed by atoms with Gasteiger partial charge in [-0.25, -0.2) is 0 Å². The van der Waals surface area contributed by atoms with Crippen molar-refractivity contribution in [1.29, 1.82) is 0 Å². The fraction of sp³-hybridized carbons (Fsp3) is 0.417. The molecule has 76 valence electrons. The van der Waals surface area contributed by atoms with Crippen LogP contribution >= 0.6 is 0 Å². The van der Waals surface area contributed by atoms with Crippen molar-refractivity contribution in [1.82, 2.24) is 0 Å². The molecule has 0 radical (unpaired) electrons. The Kier molecular flexibility index (Phi) is 3.28. The summed E-state index contributed by atoms with van der Waals surface area (Å²) in [5, 5.41) is 0. The van der Waals surface area contributed by atoms with Gasteiger partial charge in [0.1, 0.15) is 12.0 Å². The summed E-state index contributed by atoms with van der Waals surface area (Å²) in [6.07, 6.45) is 1.76. The summed E-state index contributed by atoms with van der Waals surface area (Å²) >= 11 is 0. The Hall–Kier alpha value is -1.31. The predicted molar refractivity (Wildman–Crippen MR) is 56.5 cm³/mol. The van der Waals surface area contributed by atoms with Crippen LogP contribution < -0.4 is 4.74 Å². The molecule has 0 saturated heterocycles. The zero-order valence-electron chi connectivity index (χ0n) is 8.91. The Balaban J connectivity index is 2.73. The van der Waals surface area contributed by atoms with Gasteiger partial charge in [-0.05, 0) is 24.1 Å². The Morgan fingerprint density at radius 3 is 2.29 bits per heavy atom. The quantitative estimate of drug-likeness (QED) is 0.685. The van der Waals surface area contributed by atoms with Gasteiger partial charge in [-0.3, -0.25) is 0 Å². The van der Waals surface area contributed by atoms with Gasteiger partial charge in [0.2, 0.25) is 0 Å². The SMILES string of the molecule is COc1ccc(CC(C)(C)C=O)cc1. The lowest BCUT2D eigenvalue weighted by Gasteiger charge is -2.16. The Morgan fingerprint density at radius 2 is 1.86 bits per heavy atom. The maximum atomic E-state index is 10.7. The Morgan fingerprint density at radius 1 is 1.29 bits per heavy atom. The number of rotatable bonds is 4. The van der Waals surface area contributed by atoms with E-state index >= 15 is 0 Å². The molecule has 0 saturated carbocycles. The molecule has 0 N–H and O–H groups in total. The third kappa shape index (κ3) is 2.87. The van der Waals surface area contributed by atoms with Gasteiger partial charge in [0.05, 0.1) is 7.11 Å². The summed E-state index contributed by atoms with van der Waals surface area (Å²) in [6, 6.07) is 7.81. The van der Waals surface area contributed by atoms with E-state index in [4.69, 9.17) is 4.74 Å². The van der Waals surface area contributed by atoms with Gasteiger partial charge in [-0.2, -0.15) is 0 Å². The number of hydrogen-bond donors (Lipinski definition) is 0. The molecule has 14 heavy (non-hydrogen) atoms. The smallest absolute Gasteiger partial charge is 0.125 e. The van der Waals surface area contributed by atoms with Crippen LogP contribution in [0.5, 0.6) is 5.75 Å². The molecule has 0 amide bonds. The third-order valence-corrected chi connectivity index (χ3v) is 2.14. The van der Waals surface area contributed by atoms with E-state index in [1.165, 1.54) is 0 Å². The maximum Gasteiger partial charge on any atom is 0.125 e. The number of carbonyl (C=O) groups excluding carboxylic acids is 1. The minimum atomic E-state index is -0.283. The number of aldehydes is 1. The molecule has 0 bridgehead atoms. The van der Waals surface area contributed by atoms with E-state index in [1.54, 1.807) is 7.11 Å². The third-order valence-electron chi connectivity index (χ3n) is 2.14. The molecule has 0 heterocycles. The van der Waals surface area contributed by atoms with Gasteiger partial charge < -0.3 is 9.53 Å². The summed E-state index contributed by atoms with van der Waals surface area (Å²) in [6.45, 7) is 3.87. The largest absolute Gasteiger partial charge is 0.497 e. The van der Waals surface area contributed by atoms with Crippen LogP contribution in [0.2, 0.25) is 0 Å². The normalized spacial score (nSPS) is 11.1. The molecule has 0 spiro atoms. The first-order valence-corrected chi connectivity index (χ1v) is 4.67. The molecule has 0 aromatic heterocycles. The van der Waals surface area contributed by atoms with Crippen LogP contribution in [0, 0.1) is 5.41 Å². The summed E-state index contributed by atoms with van der Waals surface area (Å²) in [5.41, 5.74) is 0.872. The zero-order valence-corrected chi connectivity index (χ0v) is 8.91. The van der Waals surface area contributed by atoms with Crippen molar-refractivity contribution in [2.45, 2.75) is 20.3 Å². The predicted octanol–water partition coefficient (Wildman–Crippen LogP) is 2.46. The lowest BCUT2D eigenvalue weighted by atomic mass is 9.87. The summed E-state index contributed by atoms with van der Waals surface area (Å²) < 4.78 is 5.06. The van der Waals surface area contributed by atoms with Crippen molar-refractivity contribution in [2.75, 3.05) is 7.11 Å². The molecule has 1 aromatic rings. The molecule has 0 fully saturated rings. The molecular formula is C12H16O2. The van der Waals surface area contributed by atoms with Crippen LogP contribution in [0.1, 0.15) is 19.4 Å². The van der Waals surface area contributed by atoms with Crippen molar-refractivity contribution in [3.8, 4) is 5.75 Å². The fourth-order valence-electron chi connectivity index (χ4n) is 1.31. The number of ether oxygens (including phenoxy) is 1. The monoisotopic (exact) mass is 192 g/mol. The van der Waals surface area contributed by atoms with Gasteiger partial charge in [0.15, 0.2) is 0 Å². The first-order valence-electron chi connectivity index (χ1n) is 4.67. The van der Waals surface area contributed by atoms with Crippen molar-refractivity contribution in [3.63, 3.8) is 0 Å². The summed E-state index contributed by atoms with van der Waals surface area (Å²) in [4.78, 5) is 10.7. The van der Waals surface area contributed by atoms with Crippen molar-refractivity contribution in [2.24, 2.45) is 5.41 Å². The molecule has 0 aliphatic carbocycles. The molecule has 0 aliphatic heterocycles. The number of carbonyl (C=O) groups is 1. The van der Waals surface area contributed by atoms with E-state index < -0.39 is 0 Å². The first kappa shape index (κ1) is 10.8. The number of benzene rings is 1. The Bertz CT molecular complexity index is 299. The highest BCUT2D eigenvalue weighted by Crippen LogP contribution is 2.20. The molecular weight excluding hydrogens is 176 g/mol. The van der Waals surface area contributed by atoms with Gasteiger partial charge in [-0.1, -0.05) is 26.0 Å². The van der Waals surface area contributed by atoms with E-state index in [0.29, 0.717) is 0 Å². The van der Waals surface area contributed by atoms with Gasteiger partial charge >= 0.3 is 0 Å². The highest BCUT2D eigenvalue weighted by atomic mass is 16.5. The molecule has 2 heteroatoms. The first-order chi connectivity index (χ1) is 6.57. The van der Waals surface area contributed by atoms with E-state index in [-0.39, 0.29) is 5.41 Å². The van der Waals surface area contributed by atoms with Crippen molar-refractivity contribution >= 4 is 6.29 Å². The zero-order chi connectivity index (χ0) is 10.6. The van der Waals surface area contributed by atoms with Crippen LogP contribution in [0.3, 0.4) is 0 Å². The second kappa shape index (κ2) is 4.27. The lowest BCUT2D eigenvalue weighted by Crippen LogP contribution is -2.16. The lowest BCUT2D eigenvalue weighted by molar-refractivity contribution is -0.114. The minimum absolute atomic E-state index is 0.283. The van der Waals surface area contributed by atoms with E-state index in [9.17, 15) is 4.79 Å². The highest BCUT2D eigenvalue weighted by molar-refractivity contribution is 5.58. The second-order valence-electron chi connectivity index (χ2n) is 4.13. The maximum absolute atomic E-state index is 10.7. The molecule has 2 nitrogen and oxygen atoms in total. The topological polar surface area (TPSA) is 26.3 Å². The second-order valence-corrected chi connectivity index (χ2v) is 4.13. The summed E-state index contributed by atoms with van der Waals surface area (Å²) in [5.74, 6) is 0.845. The van der Waals surface area contributed by atoms with E-state index in [1.807, 2.05) is 38.1 Å². The highest BCUT2D eigenvalue weighted by Gasteiger charge is 2.16. The van der Waals surface area contributed by atoms with Crippen LogP contribution in [0.25, 0.3) is 0 Å². The minimum Gasteiger partial charge on any atom is -0.497 e. The molecule has 0 atom stereocenters. The van der Waals surface area contributed by atoms with Crippen molar-refractivity contribution in [3.05, 3.63) is 29.8 Å². The van der Waals surface area contributed by atoms with E-state index in [0.717, 1.165) is 24.0 Å². The van der Waals surface area contributed by atoms with Crippen LogP contribution in [0.4, 0.5) is 0 Å². The molecule has 0 unspecified atom stereocenters. The van der Waals surface area contributed by atoms with E-state index in [2.05, 4.69) is 0 Å². The van der Waals surface area contributed by atoms with Gasteiger partial charge in [0, 0.05) is 5.41 Å². The summed E-state index contributed by atoms with van der Waals surface area (Å²) in [7, 11) is 1.64. The fourth-order valence-corrected chi connectivity index (χ4v) is 1.31. The standard InChI is InChI=1S/C12H16O2/c1-12(2,9-13)8-10-4-6-11(14-3)7-5-10/h4-7,9H,8H2,1-3H3. The average Bonchev–Trinajstić information content (AvgIpc) is 2.19. The Labute approximate surface area is 84.9 Å². The average molecular weight is 192 g/mol. The van der Waals surface area contributed by atoms with Gasteiger partial charge in [-0.15, -0.1) is 0 Å². The van der Waals surface area contributed by atoms with Crippen LogP contribution in [-0.4, -0.2) is 13.4 Å². The molecule has 1 aromatic carbocycles. The van der Waals surface area contributed by atoms with Crippen molar-refractivity contribution < 1.29 is 9.53 Å². The molecule has 1 rings (SSSR count). The molecule has 0 aliphatic rings. The van der Waals surface area contributed by atoms with Crippen LogP contribution in [-0.2, 0) is 11.2 Å². The number of methoxy groups -OCH3 is 1.